The molecule has 0 saturated carbocycles. The van der Waals surface area contributed by atoms with Gasteiger partial charge in [-0.05, 0) is 12.1 Å². The first-order chi connectivity index (χ1) is 9.12. The SMILES string of the molecule is COc1cc(OC)cc(C(=O)NC2CNC(=O)C2)c1. The molecule has 1 atom stereocenters. The molecule has 0 bridgehead atoms. The molecule has 6 heteroatoms. The zero-order chi connectivity index (χ0) is 13.8. The molecule has 102 valence electrons. The van der Waals surface area contributed by atoms with Gasteiger partial charge < -0.3 is 20.1 Å². The van der Waals surface area contributed by atoms with Crippen molar-refractivity contribution in [2.24, 2.45) is 0 Å². The molecule has 1 unspecified atom stereocenters. The summed E-state index contributed by atoms with van der Waals surface area (Å²) < 4.78 is 10.2. The van der Waals surface area contributed by atoms with Crippen molar-refractivity contribution in [2.75, 3.05) is 20.8 Å². The van der Waals surface area contributed by atoms with Crippen LogP contribution in [0.4, 0.5) is 0 Å². The molecule has 0 radical (unpaired) electrons. The van der Waals surface area contributed by atoms with Gasteiger partial charge in [-0.15, -0.1) is 0 Å². The third-order valence-corrected chi connectivity index (χ3v) is 2.93. The Morgan fingerprint density at radius 1 is 1.26 bits per heavy atom. The second-order valence-electron chi connectivity index (χ2n) is 4.28. The lowest BCUT2D eigenvalue weighted by molar-refractivity contribution is -0.119. The van der Waals surface area contributed by atoms with Gasteiger partial charge in [-0.1, -0.05) is 0 Å². The monoisotopic (exact) mass is 264 g/mol. The topological polar surface area (TPSA) is 76.7 Å². The average molecular weight is 264 g/mol. The van der Waals surface area contributed by atoms with Crippen LogP contribution in [0.15, 0.2) is 18.2 Å². The lowest BCUT2D eigenvalue weighted by atomic mass is 10.1. The molecule has 1 aromatic rings. The van der Waals surface area contributed by atoms with E-state index < -0.39 is 0 Å². The minimum Gasteiger partial charge on any atom is -0.497 e. The summed E-state index contributed by atoms with van der Waals surface area (Å²) in [4.78, 5) is 23.2. The van der Waals surface area contributed by atoms with E-state index in [1.807, 2.05) is 0 Å². The van der Waals surface area contributed by atoms with Gasteiger partial charge in [0.25, 0.3) is 5.91 Å². The molecule has 2 amide bonds. The van der Waals surface area contributed by atoms with Crippen molar-refractivity contribution in [2.45, 2.75) is 12.5 Å². The third kappa shape index (κ3) is 3.15. The Morgan fingerprint density at radius 3 is 2.37 bits per heavy atom. The van der Waals surface area contributed by atoms with Gasteiger partial charge in [-0.25, -0.2) is 0 Å². The van der Waals surface area contributed by atoms with Crippen LogP contribution < -0.4 is 20.1 Å². The van der Waals surface area contributed by atoms with Gasteiger partial charge in [-0.3, -0.25) is 9.59 Å². The maximum atomic E-state index is 12.1. The minimum absolute atomic E-state index is 0.0477. The third-order valence-electron chi connectivity index (χ3n) is 2.93. The van der Waals surface area contributed by atoms with Crippen molar-refractivity contribution in [1.82, 2.24) is 10.6 Å². The van der Waals surface area contributed by atoms with Gasteiger partial charge in [0.1, 0.15) is 11.5 Å². The number of nitrogens with one attached hydrogen (secondary N) is 2. The first-order valence-electron chi connectivity index (χ1n) is 5.93. The van der Waals surface area contributed by atoms with Crippen LogP contribution in [0.5, 0.6) is 11.5 Å². The lowest BCUT2D eigenvalue weighted by Gasteiger charge is -2.12. The first-order valence-corrected chi connectivity index (χ1v) is 5.93. The highest BCUT2D eigenvalue weighted by molar-refractivity contribution is 5.95. The van der Waals surface area contributed by atoms with E-state index in [-0.39, 0.29) is 17.9 Å². The second-order valence-corrected chi connectivity index (χ2v) is 4.28. The zero-order valence-electron chi connectivity index (χ0n) is 10.9. The fraction of sp³-hybridized carbons (Fsp3) is 0.385. The van der Waals surface area contributed by atoms with Crippen LogP contribution in [0.2, 0.25) is 0 Å². The normalized spacial score (nSPS) is 17.8. The Labute approximate surface area is 111 Å². The van der Waals surface area contributed by atoms with Gasteiger partial charge in [0.05, 0.1) is 20.3 Å². The number of amides is 2. The van der Waals surface area contributed by atoms with Gasteiger partial charge in [0.2, 0.25) is 5.91 Å². The van der Waals surface area contributed by atoms with Crippen LogP contribution in [0.3, 0.4) is 0 Å². The molecule has 2 rings (SSSR count). The molecule has 0 aromatic heterocycles. The van der Waals surface area contributed by atoms with Crippen LogP contribution in [-0.4, -0.2) is 38.6 Å². The van der Waals surface area contributed by atoms with E-state index >= 15 is 0 Å². The summed E-state index contributed by atoms with van der Waals surface area (Å²) in [5.41, 5.74) is 0.440. The molecule has 2 N–H and O–H groups in total. The maximum absolute atomic E-state index is 12.1. The fourth-order valence-corrected chi connectivity index (χ4v) is 1.91. The molecule has 1 saturated heterocycles. The quantitative estimate of drug-likeness (QED) is 0.821. The van der Waals surface area contributed by atoms with Gasteiger partial charge >= 0.3 is 0 Å². The Kier molecular flexibility index (Phi) is 3.89. The molecular weight excluding hydrogens is 248 g/mol. The Hall–Kier alpha value is -2.24. The molecule has 6 nitrogen and oxygen atoms in total. The van der Waals surface area contributed by atoms with Crippen LogP contribution in [-0.2, 0) is 4.79 Å². The van der Waals surface area contributed by atoms with Gasteiger partial charge in [-0.2, -0.15) is 0 Å². The molecule has 19 heavy (non-hydrogen) atoms. The number of benzene rings is 1. The Bertz CT molecular complexity index is 479. The van der Waals surface area contributed by atoms with E-state index in [4.69, 9.17) is 9.47 Å². The fourth-order valence-electron chi connectivity index (χ4n) is 1.91. The highest BCUT2D eigenvalue weighted by Crippen LogP contribution is 2.22. The largest absolute Gasteiger partial charge is 0.497 e. The Morgan fingerprint density at radius 2 is 1.89 bits per heavy atom. The van der Waals surface area contributed by atoms with E-state index in [2.05, 4.69) is 10.6 Å². The molecule has 1 aliphatic rings. The molecule has 0 spiro atoms. The van der Waals surface area contributed by atoms with Gasteiger partial charge in [0.15, 0.2) is 0 Å². The van der Waals surface area contributed by atoms with Crippen molar-refractivity contribution in [3.8, 4) is 11.5 Å². The highest BCUT2D eigenvalue weighted by Gasteiger charge is 2.23. The summed E-state index contributed by atoms with van der Waals surface area (Å²) in [7, 11) is 3.05. The summed E-state index contributed by atoms with van der Waals surface area (Å²) >= 11 is 0. The molecule has 1 aromatic carbocycles. The number of carbonyl (C=O) groups is 2. The van der Waals surface area contributed by atoms with E-state index in [0.29, 0.717) is 30.0 Å². The smallest absolute Gasteiger partial charge is 0.251 e. The predicted molar refractivity (Wildman–Crippen MR) is 68.4 cm³/mol. The van der Waals surface area contributed by atoms with Crippen LogP contribution in [0, 0.1) is 0 Å². The number of hydrogen-bond donors (Lipinski definition) is 2. The van der Waals surface area contributed by atoms with Gasteiger partial charge in [0, 0.05) is 24.6 Å². The van der Waals surface area contributed by atoms with Crippen molar-refractivity contribution >= 4 is 11.8 Å². The van der Waals surface area contributed by atoms with Crippen LogP contribution in [0.1, 0.15) is 16.8 Å². The first kappa shape index (κ1) is 13.2. The highest BCUT2D eigenvalue weighted by atomic mass is 16.5. The van der Waals surface area contributed by atoms with Crippen LogP contribution >= 0.6 is 0 Å². The summed E-state index contributed by atoms with van der Waals surface area (Å²) in [5, 5.41) is 5.46. The average Bonchev–Trinajstić information content (AvgIpc) is 2.83. The summed E-state index contributed by atoms with van der Waals surface area (Å²) in [6, 6.07) is 4.78. The number of ether oxygens (including phenoxy) is 2. The summed E-state index contributed by atoms with van der Waals surface area (Å²) in [6.07, 6.45) is 0.312. The number of hydrogen-bond acceptors (Lipinski definition) is 4. The zero-order valence-corrected chi connectivity index (χ0v) is 10.9. The standard InChI is InChI=1S/C13H16N2O4/c1-18-10-3-8(4-11(6-10)19-2)13(17)15-9-5-12(16)14-7-9/h3-4,6,9H,5,7H2,1-2H3,(H,14,16)(H,15,17). The number of carbonyl (C=O) groups excluding carboxylic acids is 2. The van der Waals surface area contributed by atoms with Crippen LogP contribution in [0.25, 0.3) is 0 Å². The van der Waals surface area contributed by atoms with E-state index in [9.17, 15) is 9.59 Å². The summed E-state index contributed by atoms with van der Waals surface area (Å²) in [6.45, 7) is 0.464. The number of methoxy groups -OCH3 is 2. The number of rotatable bonds is 4. The maximum Gasteiger partial charge on any atom is 0.251 e. The molecule has 0 aliphatic carbocycles. The van der Waals surface area contributed by atoms with Crippen molar-refractivity contribution in [3.05, 3.63) is 23.8 Å². The molecule has 1 aliphatic heterocycles. The van der Waals surface area contributed by atoms with E-state index in [1.54, 1.807) is 18.2 Å². The molecule has 1 heterocycles. The second kappa shape index (κ2) is 5.60. The van der Waals surface area contributed by atoms with Crippen molar-refractivity contribution in [1.29, 1.82) is 0 Å². The lowest BCUT2D eigenvalue weighted by Crippen LogP contribution is -2.36. The van der Waals surface area contributed by atoms with E-state index in [0.717, 1.165) is 0 Å². The van der Waals surface area contributed by atoms with Crippen molar-refractivity contribution in [3.63, 3.8) is 0 Å². The predicted octanol–water partition coefficient (Wildman–Crippen LogP) is 0.322. The van der Waals surface area contributed by atoms with Crippen molar-refractivity contribution < 1.29 is 19.1 Å². The summed E-state index contributed by atoms with van der Waals surface area (Å²) in [5.74, 6) is 0.794. The molecule has 1 fully saturated rings. The minimum atomic E-state index is -0.251. The Balaban J connectivity index is 2.11. The van der Waals surface area contributed by atoms with E-state index in [1.165, 1.54) is 14.2 Å². The molecular formula is C13H16N2O4.